The predicted octanol–water partition coefficient (Wildman–Crippen LogP) is 2.78. The fraction of sp³-hybridized carbons (Fsp3) is 0.333. The van der Waals surface area contributed by atoms with Crippen LogP contribution in [0.1, 0.15) is 16.8 Å². The van der Waals surface area contributed by atoms with Gasteiger partial charge in [0.05, 0.1) is 28.8 Å². The summed E-state index contributed by atoms with van der Waals surface area (Å²) in [6.07, 6.45) is 0.262. The number of rotatable bonds is 2. The smallest absolute Gasteiger partial charge is 0.178 e. The largest absolute Gasteiger partial charge is 0.380 e. The first-order valence-corrected chi connectivity index (χ1v) is 5.95. The summed E-state index contributed by atoms with van der Waals surface area (Å²) in [5, 5.41) is 0.529. The molecule has 0 N–H and O–H groups in total. The fourth-order valence-electron chi connectivity index (χ4n) is 1.77. The van der Waals surface area contributed by atoms with Crippen LogP contribution in [-0.2, 0) is 9.53 Å². The molecule has 0 aromatic heterocycles. The molecule has 1 aliphatic rings. The maximum absolute atomic E-state index is 12.2. The van der Waals surface area contributed by atoms with Gasteiger partial charge in [0.15, 0.2) is 5.78 Å². The van der Waals surface area contributed by atoms with Crippen molar-refractivity contribution in [3.63, 3.8) is 0 Å². The molecular formula is C12H10Cl2O3. The van der Waals surface area contributed by atoms with Gasteiger partial charge in [-0.25, -0.2) is 0 Å². The quantitative estimate of drug-likeness (QED) is 0.614. The van der Waals surface area contributed by atoms with E-state index in [4.69, 9.17) is 27.9 Å². The molecule has 2 rings (SSSR count). The Hall–Kier alpha value is -0.900. The van der Waals surface area contributed by atoms with Crippen molar-refractivity contribution in [2.45, 2.75) is 6.42 Å². The Bertz CT molecular complexity index is 451. The zero-order valence-corrected chi connectivity index (χ0v) is 10.4. The average molecular weight is 273 g/mol. The highest BCUT2D eigenvalue weighted by Crippen LogP contribution is 2.28. The molecular weight excluding hydrogens is 263 g/mol. The van der Waals surface area contributed by atoms with Gasteiger partial charge in [-0.15, -0.1) is 0 Å². The lowest BCUT2D eigenvalue weighted by molar-refractivity contribution is -0.128. The third-order valence-corrected chi connectivity index (χ3v) is 3.32. The van der Waals surface area contributed by atoms with E-state index in [2.05, 4.69) is 0 Å². The third-order valence-electron chi connectivity index (χ3n) is 2.69. The van der Waals surface area contributed by atoms with E-state index in [-0.39, 0.29) is 40.2 Å². The van der Waals surface area contributed by atoms with Crippen LogP contribution in [0.5, 0.6) is 0 Å². The normalized spacial score (nSPS) is 20.4. The van der Waals surface area contributed by atoms with Crippen molar-refractivity contribution in [3.05, 3.63) is 33.8 Å². The Kier molecular flexibility index (Phi) is 3.82. The molecule has 1 aromatic rings. The van der Waals surface area contributed by atoms with Gasteiger partial charge in [-0.1, -0.05) is 29.3 Å². The van der Waals surface area contributed by atoms with Crippen molar-refractivity contribution in [1.82, 2.24) is 0 Å². The highest BCUT2D eigenvalue weighted by Gasteiger charge is 2.32. The van der Waals surface area contributed by atoms with Crippen molar-refractivity contribution in [2.24, 2.45) is 5.92 Å². The minimum absolute atomic E-state index is 0.110. The lowest BCUT2D eigenvalue weighted by Crippen LogP contribution is -2.34. The molecule has 0 spiro atoms. The van der Waals surface area contributed by atoms with E-state index in [1.54, 1.807) is 18.2 Å². The Balaban J connectivity index is 2.33. The molecule has 1 atom stereocenters. The lowest BCUT2D eigenvalue weighted by atomic mass is 9.91. The number of halogens is 2. The average Bonchev–Trinajstić information content (AvgIpc) is 2.29. The van der Waals surface area contributed by atoms with Crippen molar-refractivity contribution >= 4 is 34.8 Å². The summed E-state index contributed by atoms with van der Waals surface area (Å²) >= 11 is 11.9. The van der Waals surface area contributed by atoms with E-state index in [1.807, 2.05) is 0 Å². The Morgan fingerprint density at radius 2 is 1.94 bits per heavy atom. The number of carbonyl (C=O) groups is 2. The van der Waals surface area contributed by atoms with Crippen LogP contribution in [0, 0.1) is 5.92 Å². The van der Waals surface area contributed by atoms with Crippen molar-refractivity contribution in [1.29, 1.82) is 0 Å². The molecule has 1 fully saturated rings. The van der Waals surface area contributed by atoms with Crippen LogP contribution in [0.15, 0.2) is 18.2 Å². The summed E-state index contributed by atoms with van der Waals surface area (Å²) in [4.78, 5) is 23.8. The molecule has 1 aromatic carbocycles. The number of Topliss-reactive ketones (excluding diaryl/α,β-unsaturated/α-hetero) is 2. The summed E-state index contributed by atoms with van der Waals surface area (Å²) < 4.78 is 5.15. The van der Waals surface area contributed by atoms with Crippen LogP contribution in [0.2, 0.25) is 10.0 Å². The zero-order chi connectivity index (χ0) is 12.4. The monoisotopic (exact) mass is 272 g/mol. The highest BCUT2D eigenvalue weighted by molar-refractivity contribution is 6.40. The van der Waals surface area contributed by atoms with Crippen molar-refractivity contribution < 1.29 is 14.3 Å². The molecule has 0 saturated carbocycles. The van der Waals surface area contributed by atoms with Crippen LogP contribution in [-0.4, -0.2) is 24.8 Å². The lowest BCUT2D eigenvalue weighted by Gasteiger charge is -2.20. The number of ketones is 2. The molecule has 1 aliphatic heterocycles. The molecule has 17 heavy (non-hydrogen) atoms. The highest BCUT2D eigenvalue weighted by atomic mass is 35.5. The molecule has 0 aliphatic carbocycles. The van der Waals surface area contributed by atoms with Crippen LogP contribution in [0.25, 0.3) is 0 Å². The molecule has 5 heteroatoms. The van der Waals surface area contributed by atoms with Gasteiger partial charge in [0.2, 0.25) is 0 Å². The fourth-order valence-corrected chi connectivity index (χ4v) is 2.35. The number of ether oxygens (including phenoxy) is 1. The Morgan fingerprint density at radius 1 is 1.29 bits per heavy atom. The molecule has 90 valence electrons. The maximum Gasteiger partial charge on any atom is 0.178 e. The Labute approximate surface area is 109 Å². The minimum Gasteiger partial charge on any atom is -0.380 e. The molecule has 3 nitrogen and oxygen atoms in total. The Morgan fingerprint density at radius 3 is 2.53 bits per heavy atom. The van der Waals surface area contributed by atoms with Gasteiger partial charge in [0.1, 0.15) is 11.7 Å². The first-order chi connectivity index (χ1) is 8.11. The van der Waals surface area contributed by atoms with E-state index < -0.39 is 5.92 Å². The molecule has 0 amide bonds. The molecule has 0 bridgehead atoms. The maximum atomic E-state index is 12.2. The standard InChI is InChI=1S/C12H10Cl2O3/c13-8-2-1-3-9(14)11(8)12(16)7-6-17-5-4-10(7)15/h1-3,7H,4-6H2. The van der Waals surface area contributed by atoms with Gasteiger partial charge in [-0.3, -0.25) is 9.59 Å². The molecule has 1 heterocycles. The second-order valence-corrected chi connectivity index (χ2v) is 4.62. The first kappa shape index (κ1) is 12.6. The second kappa shape index (κ2) is 5.17. The van der Waals surface area contributed by atoms with Gasteiger partial charge >= 0.3 is 0 Å². The van der Waals surface area contributed by atoms with Gasteiger partial charge in [0.25, 0.3) is 0 Å². The van der Waals surface area contributed by atoms with Crippen LogP contribution in [0.3, 0.4) is 0 Å². The van der Waals surface area contributed by atoms with E-state index in [1.165, 1.54) is 0 Å². The van der Waals surface area contributed by atoms with Crippen LogP contribution >= 0.6 is 23.2 Å². The van der Waals surface area contributed by atoms with Gasteiger partial charge in [-0.2, -0.15) is 0 Å². The van der Waals surface area contributed by atoms with Crippen LogP contribution < -0.4 is 0 Å². The third kappa shape index (κ3) is 2.51. The van der Waals surface area contributed by atoms with E-state index >= 15 is 0 Å². The summed E-state index contributed by atoms with van der Waals surface area (Å²) in [5.74, 6) is -1.25. The molecule has 1 unspecified atom stereocenters. The SMILES string of the molecule is O=C1CCOCC1C(=O)c1c(Cl)cccc1Cl. The minimum atomic E-state index is -0.777. The number of carbonyl (C=O) groups excluding carboxylic acids is 2. The van der Waals surface area contributed by atoms with Gasteiger partial charge < -0.3 is 4.74 Å². The number of benzene rings is 1. The van der Waals surface area contributed by atoms with E-state index in [9.17, 15) is 9.59 Å². The van der Waals surface area contributed by atoms with Crippen LogP contribution in [0.4, 0.5) is 0 Å². The van der Waals surface area contributed by atoms with Crippen molar-refractivity contribution in [2.75, 3.05) is 13.2 Å². The van der Waals surface area contributed by atoms with Crippen molar-refractivity contribution in [3.8, 4) is 0 Å². The molecule has 0 radical (unpaired) electrons. The number of hydrogen-bond acceptors (Lipinski definition) is 3. The molecule has 1 saturated heterocycles. The summed E-state index contributed by atoms with van der Waals surface area (Å²) in [6.45, 7) is 0.484. The summed E-state index contributed by atoms with van der Waals surface area (Å²) in [5.41, 5.74) is 0.208. The van der Waals surface area contributed by atoms with Gasteiger partial charge in [0, 0.05) is 6.42 Å². The number of hydrogen-bond donors (Lipinski definition) is 0. The predicted molar refractivity (Wildman–Crippen MR) is 64.7 cm³/mol. The first-order valence-electron chi connectivity index (χ1n) is 5.20. The van der Waals surface area contributed by atoms with Gasteiger partial charge in [-0.05, 0) is 12.1 Å². The summed E-state index contributed by atoms with van der Waals surface area (Å²) in [6, 6.07) is 4.81. The van der Waals surface area contributed by atoms with E-state index in [0.29, 0.717) is 6.61 Å². The second-order valence-electron chi connectivity index (χ2n) is 3.80. The summed E-state index contributed by atoms with van der Waals surface area (Å²) in [7, 11) is 0. The van der Waals surface area contributed by atoms with E-state index in [0.717, 1.165) is 0 Å². The topological polar surface area (TPSA) is 43.4 Å². The zero-order valence-electron chi connectivity index (χ0n) is 8.91.